The molecule has 86 valence electrons. The number of rotatable bonds is 2. The summed E-state index contributed by atoms with van der Waals surface area (Å²) in [4.78, 5) is 24.6. The molecular formula is C11H20N2O2. The number of hydrogen-bond acceptors (Lipinski definition) is 2. The van der Waals surface area contributed by atoms with Crippen LogP contribution in [0.5, 0.6) is 0 Å². The zero-order valence-corrected chi connectivity index (χ0v) is 9.58. The summed E-state index contributed by atoms with van der Waals surface area (Å²) < 4.78 is 0. The highest BCUT2D eigenvalue weighted by Gasteiger charge is 2.21. The van der Waals surface area contributed by atoms with Crippen LogP contribution in [0.4, 0.5) is 0 Å². The zero-order valence-electron chi connectivity index (χ0n) is 9.58. The number of hydrogen-bond donors (Lipinski definition) is 1. The Morgan fingerprint density at radius 3 is 2.13 bits per heavy atom. The van der Waals surface area contributed by atoms with E-state index in [-0.39, 0.29) is 17.9 Å². The first-order valence-electron chi connectivity index (χ1n) is 5.67. The maximum Gasteiger partial charge on any atom is 0.244 e. The van der Waals surface area contributed by atoms with Crippen molar-refractivity contribution < 1.29 is 9.59 Å². The molecule has 4 nitrogen and oxygen atoms in total. The molecule has 4 heteroatoms. The molecular weight excluding hydrogens is 192 g/mol. The second kappa shape index (κ2) is 5.73. The molecule has 0 aromatic rings. The van der Waals surface area contributed by atoms with E-state index in [9.17, 15) is 9.59 Å². The van der Waals surface area contributed by atoms with Gasteiger partial charge in [-0.25, -0.2) is 0 Å². The highest BCUT2D eigenvalue weighted by atomic mass is 16.2. The maximum atomic E-state index is 11.9. The molecule has 1 heterocycles. The maximum absolute atomic E-state index is 11.9. The summed E-state index contributed by atoms with van der Waals surface area (Å²) in [6, 6.07) is -0.388. The van der Waals surface area contributed by atoms with E-state index in [1.54, 1.807) is 6.92 Å². The van der Waals surface area contributed by atoms with Crippen LogP contribution in [-0.4, -0.2) is 35.8 Å². The molecule has 2 amide bonds. The fourth-order valence-corrected chi connectivity index (χ4v) is 1.93. The number of nitrogens with one attached hydrogen (secondary N) is 1. The van der Waals surface area contributed by atoms with E-state index in [1.165, 1.54) is 19.8 Å². The summed E-state index contributed by atoms with van der Waals surface area (Å²) in [5.74, 6) is -0.0993. The smallest absolute Gasteiger partial charge is 0.244 e. The number of nitrogens with zero attached hydrogens (tertiary/aromatic N) is 1. The van der Waals surface area contributed by atoms with Gasteiger partial charge in [0.1, 0.15) is 6.04 Å². The predicted molar refractivity (Wildman–Crippen MR) is 58.3 cm³/mol. The molecule has 0 radical (unpaired) electrons. The molecule has 1 saturated heterocycles. The molecule has 1 atom stereocenters. The highest BCUT2D eigenvalue weighted by Crippen LogP contribution is 2.10. The Kier molecular flexibility index (Phi) is 4.59. The third-order valence-corrected chi connectivity index (χ3v) is 2.71. The lowest BCUT2D eigenvalue weighted by molar-refractivity contribution is -0.135. The largest absolute Gasteiger partial charge is 0.345 e. The standard InChI is InChI=1S/C11H20N2O2/c1-9(12-10(2)14)11(15)13-7-5-3-4-6-8-13/h9H,3-8H2,1-2H3,(H,12,14)/t9-/m0/s1. The van der Waals surface area contributed by atoms with Gasteiger partial charge >= 0.3 is 0 Å². The molecule has 0 spiro atoms. The second-order valence-electron chi connectivity index (χ2n) is 4.16. The Morgan fingerprint density at radius 1 is 1.13 bits per heavy atom. The quantitative estimate of drug-likeness (QED) is 0.739. The number of amides is 2. The molecule has 1 fully saturated rings. The van der Waals surface area contributed by atoms with Crippen molar-refractivity contribution in [2.45, 2.75) is 45.6 Å². The van der Waals surface area contributed by atoms with Crippen LogP contribution in [0.3, 0.4) is 0 Å². The fraction of sp³-hybridized carbons (Fsp3) is 0.818. The normalized spacial score (nSPS) is 19.2. The Morgan fingerprint density at radius 2 is 1.67 bits per heavy atom. The van der Waals surface area contributed by atoms with Crippen molar-refractivity contribution in [1.82, 2.24) is 10.2 Å². The summed E-state index contributed by atoms with van der Waals surface area (Å²) in [6.45, 7) is 4.85. The van der Waals surface area contributed by atoms with Gasteiger partial charge in [0.15, 0.2) is 0 Å². The summed E-state index contributed by atoms with van der Waals surface area (Å²) in [5, 5.41) is 2.63. The minimum atomic E-state index is -0.388. The predicted octanol–water partition coefficient (Wildman–Crippen LogP) is 0.914. The first-order chi connectivity index (χ1) is 7.11. The van der Waals surface area contributed by atoms with Crippen molar-refractivity contribution in [3.8, 4) is 0 Å². The summed E-state index contributed by atoms with van der Waals surface area (Å²) in [6.07, 6.45) is 4.58. The monoisotopic (exact) mass is 212 g/mol. The number of carbonyl (C=O) groups excluding carboxylic acids is 2. The lowest BCUT2D eigenvalue weighted by Crippen LogP contribution is -2.46. The molecule has 0 aromatic carbocycles. The van der Waals surface area contributed by atoms with Crippen LogP contribution in [-0.2, 0) is 9.59 Å². The van der Waals surface area contributed by atoms with Crippen molar-refractivity contribution >= 4 is 11.8 Å². The van der Waals surface area contributed by atoms with E-state index in [2.05, 4.69) is 5.32 Å². The summed E-state index contributed by atoms with van der Waals surface area (Å²) in [7, 11) is 0. The van der Waals surface area contributed by atoms with Crippen LogP contribution >= 0.6 is 0 Å². The first kappa shape index (κ1) is 12.0. The van der Waals surface area contributed by atoms with Gasteiger partial charge in [0.2, 0.25) is 11.8 Å². The Labute approximate surface area is 91.0 Å². The zero-order chi connectivity index (χ0) is 11.3. The number of carbonyl (C=O) groups is 2. The molecule has 1 N–H and O–H groups in total. The van der Waals surface area contributed by atoms with E-state index >= 15 is 0 Å². The molecule has 0 unspecified atom stereocenters. The van der Waals surface area contributed by atoms with Crippen molar-refractivity contribution in [2.24, 2.45) is 0 Å². The second-order valence-corrected chi connectivity index (χ2v) is 4.16. The van der Waals surface area contributed by atoms with Crippen molar-refractivity contribution in [3.63, 3.8) is 0 Å². The molecule has 0 aliphatic carbocycles. The average Bonchev–Trinajstić information content (AvgIpc) is 2.43. The van der Waals surface area contributed by atoms with Gasteiger partial charge in [-0.2, -0.15) is 0 Å². The minimum absolute atomic E-state index is 0.0482. The van der Waals surface area contributed by atoms with Gasteiger partial charge in [-0.1, -0.05) is 12.8 Å². The van der Waals surface area contributed by atoms with Gasteiger partial charge in [-0.3, -0.25) is 9.59 Å². The van der Waals surface area contributed by atoms with Gasteiger partial charge in [-0.15, -0.1) is 0 Å². The van der Waals surface area contributed by atoms with Crippen molar-refractivity contribution in [3.05, 3.63) is 0 Å². The third kappa shape index (κ3) is 3.90. The van der Waals surface area contributed by atoms with E-state index in [1.807, 2.05) is 4.90 Å². The van der Waals surface area contributed by atoms with E-state index in [0.717, 1.165) is 25.9 Å². The topological polar surface area (TPSA) is 49.4 Å². The number of likely N-dealkylation sites (tertiary alicyclic amines) is 1. The van der Waals surface area contributed by atoms with E-state index < -0.39 is 0 Å². The van der Waals surface area contributed by atoms with E-state index in [0.29, 0.717) is 0 Å². The van der Waals surface area contributed by atoms with Gasteiger partial charge < -0.3 is 10.2 Å². The molecule has 1 aliphatic rings. The van der Waals surface area contributed by atoms with Crippen LogP contribution in [0.15, 0.2) is 0 Å². The van der Waals surface area contributed by atoms with Gasteiger partial charge in [0.05, 0.1) is 0 Å². The van der Waals surface area contributed by atoms with Gasteiger partial charge in [0.25, 0.3) is 0 Å². The van der Waals surface area contributed by atoms with Crippen molar-refractivity contribution in [2.75, 3.05) is 13.1 Å². The van der Waals surface area contributed by atoms with Crippen molar-refractivity contribution in [1.29, 1.82) is 0 Å². The van der Waals surface area contributed by atoms with Gasteiger partial charge in [0, 0.05) is 20.0 Å². The van der Waals surface area contributed by atoms with Gasteiger partial charge in [-0.05, 0) is 19.8 Å². The highest BCUT2D eigenvalue weighted by molar-refractivity contribution is 5.86. The Hall–Kier alpha value is -1.06. The third-order valence-electron chi connectivity index (χ3n) is 2.71. The molecule has 0 aromatic heterocycles. The average molecular weight is 212 g/mol. The van der Waals surface area contributed by atoms with Crippen LogP contribution < -0.4 is 5.32 Å². The molecule has 15 heavy (non-hydrogen) atoms. The molecule has 1 rings (SSSR count). The molecule has 0 saturated carbocycles. The summed E-state index contributed by atoms with van der Waals surface area (Å²) >= 11 is 0. The SMILES string of the molecule is CC(=O)N[C@@H](C)C(=O)N1CCCCCC1. The Bertz CT molecular complexity index is 233. The first-order valence-corrected chi connectivity index (χ1v) is 5.67. The molecule has 1 aliphatic heterocycles. The van der Waals surface area contributed by atoms with Crippen LogP contribution in [0, 0.1) is 0 Å². The molecule has 0 bridgehead atoms. The summed E-state index contributed by atoms with van der Waals surface area (Å²) in [5.41, 5.74) is 0. The lowest BCUT2D eigenvalue weighted by Gasteiger charge is -2.24. The van der Waals surface area contributed by atoms with Crippen LogP contribution in [0.2, 0.25) is 0 Å². The fourth-order valence-electron chi connectivity index (χ4n) is 1.93. The van der Waals surface area contributed by atoms with E-state index in [4.69, 9.17) is 0 Å². The van der Waals surface area contributed by atoms with Crippen LogP contribution in [0.1, 0.15) is 39.5 Å². The lowest BCUT2D eigenvalue weighted by atomic mass is 10.2. The Balaban J connectivity index is 2.46. The van der Waals surface area contributed by atoms with Crippen LogP contribution in [0.25, 0.3) is 0 Å². The minimum Gasteiger partial charge on any atom is -0.345 e.